The van der Waals surface area contributed by atoms with E-state index >= 15 is 0 Å². The van der Waals surface area contributed by atoms with Crippen LogP contribution in [0.1, 0.15) is 17.2 Å². The van der Waals surface area contributed by atoms with E-state index in [0.29, 0.717) is 22.2 Å². The molecule has 0 spiro atoms. The lowest BCUT2D eigenvalue weighted by atomic mass is 10.1. The van der Waals surface area contributed by atoms with Crippen LogP contribution < -0.4 is 4.72 Å². The summed E-state index contributed by atoms with van der Waals surface area (Å²) in [5, 5.41) is 0.832. The monoisotopic (exact) mass is 386 g/mol. The molecule has 2 aromatic rings. The molecule has 0 bridgehead atoms. The second-order valence-electron chi connectivity index (χ2n) is 5.88. The predicted octanol–water partition coefficient (Wildman–Crippen LogP) is 3.88. The van der Waals surface area contributed by atoms with E-state index in [0.717, 1.165) is 5.56 Å². The maximum absolute atomic E-state index is 12.8. The van der Waals surface area contributed by atoms with Gasteiger partial charge in [-0.1, -0.05) is 47.5 Å². The first-order chi connectivity index (χ1) is 11.2. The predicted molar refractivity (Wildman–Crippen MR) is 99.3 cm³/mol. The zero-order chi connectivity index (χ0) is 17.9. The number of nitrogens with zero attached hydrogens (tertiary/aromatic N) is 1. The van der Waals surface area contributed by atoms with Crippen molar-refractivity contribution >= 4 is 33.2 Å². The summed E-state index contributed by atoms with van der Waals surface area (Å²) < 4.78 is 28.3. The topological polar surface area (TPSA) is 49.4 Å². The Morgan fingerprint density at radius 1 is 1.08 bits per heavy atom. The summed E-state index contributed by atoms with van der Waals surface area (Å²) >= 11 is 12.0. The summed E-state index contributed by atoms with van der Waals surface area (Å²) in [5.41, 5.74) is 1.46. The minimum atomic E-state index is -3.66. The number of rotatable bonds is 6. The summed E-state index contributed by atoms with van der Waals surface area (Å²) in [6, 6.07) is 11.6. The van der Waals surface area contributed by atoms with Crippen molar-refractivity contribution in [1.82, 2.24) is 9.62 Å². The van der Waals surface area contributed by atoms with E-state index in [1.165, 1.54) is 0 Å². The van der Waals surface area contributed by atoms with Crippen molar-refractivity contribution in [2.45, 2.75) is 17.9 Å². The van der Waals surface area contributed by atoms with Crippen LogP contribution in [0.5, 0.6) is 0 Å². The summed E-state index contributed by atoms with van der Waals surface area (Å²) in [7, 11) is 0.103. The lowest BCUT2D eigenvalue weighted by Gasteiger charge is -2.23. The fourth-order valence-corrected chi connectivity index (χ4v) is 4.18. The van der Waals surface area contributed by atoms with Gasteiger partial charge in [0.2, 0.25) is 10.0 Å². The molecule has 0 radical (unpaired) electrons. The van der Waals surface area contributed by atoms with Crippen molar-refractivity contribution in [2.24, 2.45) is 0 Å². The molecule has 2 rings (SSSR count). The van der Waals surface area contributed by atoms with Crippen LogP contribution in [0.15, 0.2) is 47.4 Å². The van der Waals surface area contributed by atoms with Crippen LogP contribution in [-0.4, -0.2) is 34.0 Å². The molecule has 2 aromatic carbocycles. The van der Waals surface area contributed by atoms with Crippen LogP contribution in [-0.2, 0) is 10.0 Å². The Morgan fingerprint density at radius 3 is 2.33 bits per heavy atom. The van der Waals surface area contributed by atoms with Gasteiger partial charge in [-0.15, -0.1) is 0 Å². The van der Waals surface area contributed by atoms with Gasteiger partial charge in [0.05, 0.1) is 21.0 Å². The van der Waals surface area contributed by atoms with Gasteiger partial charge in [0.25, 0.3) is 0 Å². The number of halogens is 2. The van der Waals surface area contributed by atoms with Crippen LogP contribution in [0, 0.1) is 6.92 Å². The van der Waals surface area contributed by atoms with Gasteiger partial charge in [-0.25, -0.2) is 13.1 Å². The molecule has 0 unspecified atom stereocenters. The molecule has 24 heavy (non-hydrogen) atoms. The second kappa shape index (κ2) is 7.85. The lowest BCUT2D eigenvalue weighted by molar-refractivity contribution is 0.363. The van der Waals surface area contributed by atoms with Gasteiger partial charge in [0, 0.05) is 6.54 Å². The molecule has 1 atom stereocenters. The van der Waals surface area contributed by atoms with Gasteiger partial charge < -0.3 is 4.90 Å². The Morgan fingerprint density at radius 2 is 1.75 bits per heavy atom. The van der Waals surface area contributed by atoms with Gasteiger partial charge in [0.1, 0.15) is 0 Å². The van der Waals surface area contributed by atoms with Crippen LogP contribution >= 0.6 is 23.2 Å². The van der Waals surface area contributed by atoms with Gasteiger partial charge in [-0.3, -0.25) is 0 Å². The zero-order valence-electron chi connectivity index (χ0n) is 13.8. The number of hydrogen-bond acceptors (Lipinski definition) is 3. The molecular formula is C17H20Cl2N2O2S. The highest BCUT2D eigenvalue weighted by Gasteiger charge is 2.23. The zero-order valence-corrected chi connectivity index (χ0v) is 16.1. The molecule has 0 fully saturated rings. The Hall–Kier alpha value is -1.11. The van der Waals surface area contributed by atoms with E-state index < -0.39 is 16.1 Å². The molecule has 1 N–H and O–H groups in total. The van der Waals surface area contributed by atoms with Crippen molar-refractivity contribution in [3.63, 3.8) is 0 Å². The molecule has 0 saturated carbocycles. The number of likely N-dealkylation sites (N-methyl/N-ethyl adjacent to an activating group) is 1. The standard InChI is InChI=1S/C17H20Cl2N2O2S/c1-12-6-4-5-7-17(12)24(22,23)20-16(11-21(2)3)13-8-9-14(18)15(19)10-13/h4-10,16,20H,11H2,1-3H3/t16-/m1/s1. The first kappa shape index (κ1) is 19.2. The van der Waals surface area contributed by atoms with Crippen molar-refractivity contribution in [1.29, 1.82) is 0 Å². The molecule has 0 heterocycles. The normalized spacial score (nSPS) is 13.2. The smallest absolute Gasteiger partial charge is 0.241 e. The number of benzene rings is 2. The Bertz CT molecular complexity index is 823. The van der Waals surface area contributed by atoms with E-state index in [1.807, 2.05) is 25.1 Å². The van der Waals surface area contributed by atoms with Crippen LogP contribution in [0.4, 0.5) is 0 Å². The minimum absolute atomic E-state index is 0.272. The maximum atomic E-state index is 12.8. The largest absolute Gasteiger partial charge is 0.307 e. The third-order valence-electron chi connectivity index (χ3n) is 3.57. The van der Waals surface area contributed by atoms with Crippen molar-refractivity contribution in [2.75, 3.05) is 20.6 Å². The maximum Gasteiger partial charge on any atom is 0.241 e. The van der Waals surface area contributed by atoms with E-state index in [1.54, 1.807) is 43.3 Å². The lowest BCUT2D eigenvalue weighted by Crippen LogP contribution is -2.35. The molecule has 0 amide bonds. The fourth-order valence-electron chi connectivity index (χ4n) is 2.41. The molecule has 130 valence electrons. The highest BCUT2D eigenvalue weighted by atomic mass is 35.5. The Labute approximate surface area is 153 Å². The van der Waals surface area contributed by atoms with Gasteiger partial charge >= 0.3 is 0 Å². The van der Waals surface area contributed by atoms with Crippen LogP contribution in [0.25, 0.3) is 0 Å². The molecule has 0 aliphatic heterocycles. The highest BCUT2D eigenvalue weighted by molar-refractivity contribution is 7.89. The third-order valence-corrected chi connectivity index (χ3v) is 5.95. The van der Waals surface area contributed by atoms with Crippen molar-refractivity contribution in [3.05, 3.63) is 63.6 Å². The second-order valence-corrected chi connectivity index (χ2v) is 8.37. The number of sulfonamides is 1. The summed E-state index contributed by atoms with van der Waals surface area (Å²) in [4.78, 5) is 2.18. The fraction of sp³-hybridized carbons (Fsp3) is 0.294. The van der Waals surface area contributed by atoms with Gasteiger partial charge in [0.15, 0.2) is 0 Å². The first-order valence-corrected chi connectivity index (χ1v) is 9.62. The SMILES string of the molecule is Cc1ccccc1S(=O)(=O)N[C@H](CN(C)C)c1ccc(Cl)c(Cl)c1. The van der Waals surface area contributed by atoms with Gasteiger partial charge in [-0.2, -0.15) is 0 Å². The van der Waals surface area contributed by atoms with E-state index in [4.69, 9.17) is 23.2 Å². The summed E-state index contributed by atoms with van der Waals surface area (Å²) in [6.45, 7) is 2.26. The molecule has 0 aliphatic carbocycles. The number of hydrogen-bond donors (Lipinski definition) is 1. The number of aryl methyl sites for hydroxylation is 1. The molecule has 0 aromatic heterocycles. The Balaban J connectivity index is 2.38. The summed E-state index contributed by atoms with van der Waals surface area (Å²) in [5.74, 6) is 0. The first-order valence-electron chi connectivity index (χ1n) is 7.38. The average molecular weight is 387 g/mol. The third kappa shape index (κ3) is 4.71. The van der Waals surface area contributed by atoms with Crippen LogP contribution in [0.2, 0.25) is 10.0 Å². The quantitative estimate of drug-likeness (QED) is 0.818. The minimum Gasteiger partial charge on any atom is -0.307 e. The molecule has 4 nitrogen and oxygen atoms in total. The Kier molecular flexibility index (Phi) is 6.28. The van der Waals surface area contributed by atoms with Gasteiger partial charge in [-0.05, 0) is 50.3 Å². The molecular weight excluding hydrogens is 367 g/mol. The number of nitrogens with one attached hydrogen (secondary N) is 1. The molecule has 7 heteroatoms. The van der Waals surface area contributed by atoms with E-state index in [2.05, 4.69) is 4.72 Å². The molecule has 0 saturated heterocycles. The highest BCUT2D eigenvalue weighted by Crippen LogP contribution is 2.27. The average Bonchev–Trinajstić information content (AvgIpc) is 2.49. The van der Waals surface area contributed by atoms with Crippen molar-refractivity contribution in [3.8, 4) is 0 Å². The molecule has 0 aliphatic rings. The van der Waals surface area contributed by atoms with Crippen LogP contribution in [0.3, 0.4) is 0 Å². The summed E-state index contributed by atoms with van der Waals surface area (Å²) in [6.07, 6.45) is 0. The van der Waals surface area contributed by atoms with Crippen molar-refractivity contribution < 1.29 is 8.42 Å². The van der Waals surface area contributed by atoms with E-state index in [-0.39, 0.29) is 4.90 Å². The van der Waals surface area contributed by atoms with E-state index in [9.17, 15) is 8.42 Å².